The molecule has 0 N–H and O–H groups in total. The number of ketones is 1. The van der Waals surface area contributed by atoms with E-state index in [-0.39, 0.29) is 5.78 Å². The number of carbonyl (C=O) groups is 1. The van der Waals surface area contributed by atoms with Gasteiger partial charge in [0.05, 0.1) is 0 Å². The van der Waals surface area contributed by atoms with E-state index in [1.54, 1.807) is 0 Å². The fourth-order valence-corrected chi connectivity index (χ4v) is 1.05. The van der Waals surface area contributed by atoms with Gasteiger partial charge in [0.2, 0.25) is 0 Å². The van der Waals surface area contributed by atoms with Gasteiger partial charge in [0.25, 0.3) is 0 Å². The van der Waals surface area contributed by atoms with Crippen molar-refractivity contribution in [2.45, 2.75) is 27.2 Å². The molecule has 1 heteroatoms. The Bertz CT molecular complexity index is 231. The van der Waals surface area contributed by atoms with Crippen LogP contribution in [0.15, 0.2) is 22.8 Å². The molecule has 0 spiro atoms. The molecule has 1 nitrogen and oxygen atoms in total. The Labute approximate surface area is 61.4 Å². The largest absolute Gasteiger partial charge is 0.294 e. The van der Waals surface area contributed by atoms with E-state index in [0.29, 0.717) is 6.42 Å². The molecule has 1 aliphatic carbocycles. The van der Waals surface area contributed by atoms with Crippen molar-refractivity contribution < 1.29 is 4.79 Å². The van der Waals surface area contributed by atoms with Crippen molar-refractivity contribution in [3.05, 3.63) is 22.8 Å². The average Bonchev–Trinajstić information content (AvgIpc) is 1.84. The molecule has 10 heavy (non-hydrogen) atoms. The van der Waals surface area contributed by atoms with Gasteiger partial charge < -0.3 is 0 Å². The minimum Gasteiger partial charge on any atom is -0.294 e. The second kappa shape index (κ2) is 2.41. The van der Waals surface area contributed by atoms with E-state index in [9.17, 15) is 4.79 Å². The Morgan fingerprint density at radius 2 is 1.90 bits per heavy atom. The molecule has 0 saturated carbocycles. The highest BCUT2D eigenvalue weighted by Gasteiger charge is 2.11. The summed E-state index contributed by atoms with van der Waals surface area (Å²) in [6, 6.07) is 0. The van der Waals surface area contributed by atoms with Crippen LogP contribution in [0.4, 0.5) is 0 Å². The highest BCUT2D eigenvalue weighted by atomic mass is 16.1. The lowest BCUT2D eigenvalue weighted by Gasteiger charge is -2.10. The minimum atomic E-state index is 0.267. The zero-order chi connectivity index (χ0) is 7.72. The third-order valence-corrected chi connectivity index (χ3v) is 1.97. The maximum absolute atomic E-state index is 11.0. The molecule has 0 atom stereocenters. The summed E-state index contributed by atoms with van der Waals surface area (Å²) in [6.45, 7) is 5.93. The molecule has 0 fully saturated rings. The summed E-state index contributed by atoms with van der Waals surface area (Å²) in [6.07, 6.45) is 2.58. The Kier molecular flexibility index (Phi) is 1.75. The Morgan fingerprint density at radius 1 is 1.30 bits per heavy atom. The van der Waals surface area contributed by atoms with E-state index in [0.717, 1.165) is 5.57 Å². The first kappa shape index (κ1) is 7.26. The smallest absolute Gasteiger partial charge is 0.162 e. The van der Waals surface area contributed by atoms with Crippen LogP contribution in [0.1, 0.15) is 27.2 Å². The number of allylic oxidation sites excluding steroid dienone is 4. The average molecular weight is 136 g/mol. The lowest BCUT2D eigenvalue weighted by Crippen LogP contribution is -2.05. The van der Waals surface area contributed by atoms with Crippen LogP contribution in [0.2, 0.25) is 0 Å². The molecule has 0 radical (unpaired) electrons. The number of hydrogen-bond acceptors (Lipinski definition) is 1. The molecule has 0 bridgehead atoms. The molecule has 0 unspecified atom stereocenters. The van der Waals surface area contributed by atoms with Gasteiger partial charge in [-0.25, -0.2) is 0 Å². The fraction of sp³-hybridized carbons (Fsp3) is 0.444. The van der Waals surface area contributed by atoms with Crippen LogP contribution in [-0.2, 0) is 4.79 Å². The standard InChI is InChI=1S/C9H12O/c1-6-4-8(3)9(10)5-7(6)2/h4H,5H2,1-3H3. The van der Waals surface area contributed by atoms with Crippen LogP contribution in [0.5, 0.6) is 0 Å². The molecule has 0 amide bonds. The topological polar surface area (TPSA) is 17.1 Å². The van der Waals surface area contributed by atoms with E-state index in [2.05, 4.69) is 0 Å². The van der Waals surface area contributed by atoms with E-state index >= 15 is 0 Å². The second-order valence-electron chi connectivity index (χ2n) is 2.89. The van der Waals surface area contributed by atoms with Crippen molar-refractivity contribution in [2.75, 3.05) is 0 Å². The van der Waals surface area contributed by atoms with Crippen LogP contribution in [0.25, 0.3) is 0 Å². The van der Waals surface area contributed by atoms with Crippen molar-refractivity contribution >= 4 is 5.78 Å². The van der Waals surface area contributed by atoms with Crippen molar-refractivity contribution in [1.29, 1.82) is 0 Å². The summed E-state index contributed by atoms with van der Waals surface area (Å²) < 4.78 is 0. The maximum atomic E-state index is 11.0. The Morgan fingerprint density at radius 3 is 2.40 bits per heavy atom. The Balaban J connectivity index is 2.99. The third-order valence-electron chi connectivity index (χ3n) is 1.97. The first-order chi connectivity index (χ1) is 4.61. The summed E-state index contributed by atoms with van der Waals surface area (Å²) >= 11 is 0. The molecule has 0 aromatic rings. The lowest BCUT2D eigenvalue weighted by molar-refractivity contribution is -0.115. The van der Waals surface area contributed by atoms with Gasteiger partial charge in [-0.2, -0.15) is 0 Å². The van der Waals surface area contributed by atoms with E-state index in [4.69, 9.17) is 0 Å². The quantitative estimate of drug-likeness (QED) is 0.499. The van der Waals surface area contributed by atoms with Crippen molar-refractivity contribution in [3.63, 3.8) is 0 Å². The highest BCUT2D eigenvalue weighted by Crippen LogP contribution is 2.19. The van der Waals surface area contributed by atoms with Crippen LogP contribution in [-0.4, -0.2) is 5.78 Å². The molecular weight excluding hydrogens is 124 g/mol. The van der Waals surface area contributed by atoms with Gasteiger partial charge in [0, 0.05) is 6.42 Å². The van der Waals surface area contributed by atoms with Gasteiger partial charge in [0.15, 0.2) is 5.78 Å². The molecule has 54 valence electrons. The van der Waals surface area contributed by atoms with Gasteiger partial charge in [-0.05, 0) is 26.3 Å². The number of Topliss-reactive ketones (excluding diaryl/α,β-unsaturated/α-hetero) is 1. The third kappa shape index (κ3) is 1.18. The van der Waals surface area contributed by atoms with Crippen molar-refractivity contribution in [1.82, 2.24) is 0 Å². The first-order valence-electron chi connectivity index (χ1n) is 3.49. The molecule has 0 aromatic heterocycles. The summed E-state index contributed by atoms with van der Waals surface area (Å²) in [7, 11) is 0. The number of rotatable bonds is 0. The lowest BCUT2D eigenvalue weighted by atomic mass is 9.94. The zero-order valence-electron chi connectivity index (χ0n) is 6.69. The molecule has 0 aromatic carbocycles. The van der Waals surface area contributed by atoms with E-state index in [1.807, 2.05) is 26.8 Å². The molecule has 1 rings (SSSR count). The number of carbonyl (C=O) groups excluding carboxylic acids is 1. The molecular formula is C9H12O. The maximum Gasteiger partial charge on any atom is 0.162 e. The first-order valence-corrected chi connectivity index (χ1v) is 3.49. The zero-order valence-corrected chi connectivity index (χ0v) is 6.69. The van der Waals surface area contributed by atoms with E-state index in [1.165, 1.54) is 11.1 Å². The minimum absolute atomic E-state index is 0.267. The van der Waals surface area contributed by atoms with Gasteiger partial charge in [-0.15, -0.1) is 0 Å². The van der Waals surface area contributed by atoms with Gasteiger partial charge in [0.1, 0.15) is 0 Å². The highest BCUT2D eigenvalue weighted by molar-refractivity contribution is 5.98. The van der Waals surface area contributed by atoms with Crippen molar-refractivity contribution in [2.24, 2.45) is 0 Å². The predicted molar refractivity (Wildman–Crippen MR) is 41.8 cm³/mol. The van der Waals surface area contributed by atoms with Crippen molar-refractivity contribution in [3.8, 4) is 0 Å². The summed E-state index contributed by atoms with van der Waals surface area (Å²) in [4.78, 5) is 11.0. The number of hydrogen-bond donors (Lipinski definition) is 0. The van der Waals surface area contributed by atoms with Gasteiger partial charge >= 0.3 is 0 Å². The summed E-state index contributed by atoms with van der Waals surface area (Å²) in [5, 5.41) is 0. The summed E-state index contributed by atoms with van der Waals surface area (Å²) in [5.41, 5.74) is 3.34. The van der Waals surface area contributed by atoms with Gasteiger partial charge in [-0.1, -0.05) is 17.2 Å². The monoisotopic (exact) mass is 136 g/mol. The molecule has 0 saturated heterocycles. The predicted octanol–water partition coefficient (Wildman–Crippen LogP) is 2.24. The molecule has 1 aliphatic rings. The fourth-order valence-electron chi connectivity index (χ4n) is 1.05. The normalized spacial score (nSPS) is 19.5. The second-order valence-corrected chi connectivity index (χ2v) is 2.89. The van der Waals surface area contributed by atoms with Crippen LogP contribution in [0, 0.1) is 0 Å². The summed E-state index contributed by atoms with van der Waals surface area (Å²) in [5.74, 6) is 0.267. The van der Waals surface area contributed by atoms with E-state index < -0.39 is 0 Å². The van der Waals surface area contributed by atoms with Crippen LogP contribution in [0.3, 0.4) is 0 Å². The molecule has 0 aliphatic heterocycles. The SMILES string of the molecule is CC1=CC(C)=C(C)CC1=O. The van der Waals surface area contributed by atoms with Gasteiger partial charge in [-0.3, -0.25) is 4.79 Å². The van der Waals surface area contributed by atoms with Crippen LogP contribution < -0.4 is 0 Å². The van der Waals surface area contributed by atoms with Crippen LogP contribution >= 0.6 is 0 Å². The Hall–Kier alpha value is -0.850. The molecule has 0 heterocycles.